The van der Waals surface area contributed by atoms with Gasteiger partial charge in [0, 0.05) is 30.7 Å². The molecule has 1 aliphatic rings. The number of halogens is 1. The molecule has 1 aromatic heterocycles. The van der Waals surface area contributed by atoms with Crippen LogP contribution in [0.15, 0.2) is 29.9 Å². The van der Waals surface area contributed by atoms with Crippen molar-refractivity contribution in [3.63, 3.8) is 0 Å². The summed E-state index contributed by atoms with van der Waals surface area (Å²) in [5, 5.41) is 2.90. The zero-order valence-electron chi connectivity index (χ0n) is 11.7. The van der Waals surface area contributed by atoms with Gasteiger partial charge in [-0.05, 0) is 30.2 Å². The van der Waals surface area contributed by atoms with E-state index in [2.05, 4.69) is 15.2 Å². The Morgan fingerprint density at radius 3 is 3.10 bits per heavy atom. The van der Waals surface area contributed by atoms with Gasteiger partial charge < -0.3 is 5.32 Å². The maximum absolute atomic E-state index is 13.3. The first-order chi connectivity index (χ1) is 10.1. The van der Waals surface area contributed by atoms with Gasteiger partial charge in [-0.2, -0.15) is 0 Å². The molecule has 1 fully saturated rings. The lowest BCUT2D eigenvalue weighted by molar-refractivity contribution is -0.129. The van der Waals surface area contributed by atoms with Crippen molar-refractivity contribution in [1.29, 1.82) is 0 Å². The predicted octanol–water partition coefficient (Wildman–Crippen LogP) is 2.26. The Labute approximate surface area is 126 Å². The molecule has 0 spiro atoms. The molecule has 0 bridgehead atoms. The largest absolute Gasteiger partial charge is 0.353 e. The van der Waals surface area contributed by atoms with Crippen molar-refractivity contribution in [3.05, 3.63) is 51.7 Å². The first-order valence-corrected chi connectivity index (χ1v) is 7.68. The molecule has 2 aromatic rings. The monoisotopic (exact) mass is 305 g/mol. The molecule has 1 atom stereocenters. The van der Waals surface area contributed by atoms with Crippen molar-refractivity contribution in [2.75, 3.05) is 13.1 Å². The summed E-state index contributed by atoms with van der Waals surface area (Å²) in [6.45, 7) is 3.92. The van der Waals surface area contributed by atoms with Gasteiger partial charge in [0.25, 0.3) is 0 Å². The minimum atomic E-state index is -0.374. The quantitative estimate of drug-likeness (QED) is 0.946. The molecule has 2 heterocycles. The van der Waals surface area contributed by atoms with Crippen LogP contribution in [0.2, 0.25) is 0 Å². The Kier molecular flexibility index (Phi) is 3.98. The third-order valence-corrected chi connectivity index (χ3v) is 4.44. The molecule has 1 aliphatic heterocycles. The molecule has 4 nitrogen and oxygen atoms in total. The van der Waals surface area contributed by atoms with E-state index < -0.39 is 0 Å². The lowest BCUT2D eigenvalue weighted by Gasteiger charge is -2.35. The van der Waals surface area contributed by atoms with E-state index in [0.29, 0.717) is 13.1 Å². The van der Waals surface area contributed by atoms with Crippen LogP contribution in [0.3, 0.4) is 0 Å². The van der Waals surface area contributed by atoms with Gasteiger partial charge >= 0.3 is 0 Å². The van der Waals surface area contributed by atoms with Crippen LogP contribution in [-0.4, -0.2) is 28.9 Å². The van der Waals surface area contributed by atoms with Gasteiger partial charge in [-0.15, -0.1) is 11.3 Å². The van der Waals surface area contributed by atoms with Gasteiger partial charge in [0.2, 0.25) is 5.91 Å². The van der Waals surface area contributed by atoms with Crippen LogP contribution in [0.1, 0.15) is 22.0 Å². The normalized spacial score (nSPS) is 19.5. The van der Waals surface area contributed by atoms with Gasteiger partial charge in [0.1, 0.15) is 11.9 Å². The van der Waals surface area contributed by atoms with E-state index in [1.54, 1.807) is 22.9 Å². The van der Waals surface area contributed by atoms with Crippen LogP contribution >= 0.6 is 11.3 Å². The molecule has 1 N–H and O–H groups in total. The molecule has 0 aliphatic carbocycles. The second-order valence-electron chi connectivity index (χ2n) is 5.13. The van der Waals surface area contributed by atoms with E-state index in [0.717, 1.165) is 22.5 Å². The van der Waals surface area contributed by atoms with Crippen LogP contribution in [0.4, 0.5) is 4.39 Å². The Morgan fingerprint density at radius 1 is 1.52 bits per heavy atom. The molecule has 0 saturated carbocycles. The number of aromatic nitrogens is 1. The first kappa shape index (κ1) is 14.2. The number of aryl methyl sites for hydroxylation is 1. The second-order valence-corrected chi connectivity index (χ2v) is 6.10. The SMILES string of the molecule is Cc1cc(F)ccc1C1C(=O)NCCN1Cc1cncs1. The summed E-state index contributed by atoms with van der Waals surface area (Å²) >= 11 is 1.58. The minimum absolute atomic E-state index is 0.0273. The number of nitrogens with one attached hydrogen (secondary N) is 1. The van der Waals surface area contributed by atoms with Gasteiger partial charge in [0.05, 0.1) is 5.51 Å². The molecule has 1 aromatic carbocycles. The Hall–Kier alpha value is -1.79. The minimum Gasteiger partial charge on any atom is -0.353 e. The third kappa shape index (κ3) is 2.96. The van der Waals surface area contributed by atoms with E-state index >= 15 is 0 Å². The topological polar surface area (TPSA) is 45.2 Å². The maximum atomic E-state index is 13.3. The van der Waals surface area contributed by atoms with Crippen molar-refractivity contribution >= 4 is 17.2 Å². The summed E-state index contributed by atoms with van der Waals surface area (Å²) < 4.78 is 13.3. The average molecular weight is 305 g/mol. The summed E-state index contributed by atoms with van der Waals surface area (Å²) in [6.07, 6.45) is 1.83. The molecular weight excluding hydrogens is 289 g/mol. The molecule has 1 amide bonds. The fraction of sp³-hybridized carbons (Fsp3) is 0.333. The fourth-order valence-electron chi connectivity index (χ4n) is 2.69. The van der Waals surface area contributed by atoms with Crippen molar-refractivity contribution < 1.29 is 9.18 Å². The lowest BCUT2D eigenvalue weighted by Crippen LogP contribution is -2.49. The van der Waals surface area contributed by atoms with Gasteiger partial charge in [-0.3, -0.25) is 14.7 Å². The smallest absolute Gasteiger partial charge is 0.242 e. The number of hydrogen-bond donors (Lipinski definition) is 1. The predicted molar refractivity (Wildman–Crippen MR) is 79.4 cm³/mol. The Balaban J connectivity index is 1.92. The van der Waals surface area contributed by atoms with Crippen LogP contribution < -0.4 is 5.32 Å². The molecule has 1 unspecified atom stereocenters. The van der Waals surface area contributed by atoms with Crippen molar-refractivity contribution in [2.45, 2.75) is 19.5 Å². The summed E-state index contributed by atoms with van der Waals surface area (Å²) in [5.74, 6) is -0.304. The van der Waals surface area contributed by atoms with E-state index in [4.69, 9.17) is 0 Å². The van der Waals surface area contributed by atoms with Crippen LogP contribution in [0.5, 0.6) is 0 Å². The van der Waals surface area contributed by atoms with Crippen molar-refractivity contribution in [1.82, 2.24) is 15.2 Å². The number of piperazine rings is 1. The highest BCUT2D eigenvalue weighted by molar-refractivity contribution is 7.09. The molecule has 110 valence electrons. The van der Waals surface area contributed by atoms with E-state index in [1.807, 2.05) is 13.1 Å². The number of carbonyl (C=O) groups excluding carboxylic acids is 1. The standard InChI is InChI=1S/C15H16FN3OS/c1-10-6-11(16)2-3-13(10)14-15(20)18-4-5-19(14)8-12-7-17-9-21-12/h2-3,6-7,9,14H,4-5,8H2,1H3,(H,18,20). The van der Waals surface area contributed by atoms with E-state index in [9.17, 15) is 9.18 Å². The van der Waals surface area contributed by atoms with Crippen LogP contribution in [0.25, 0.3) is 0 Å². The number of amides is 1. The molecule has 21 heavy (non-hydrogen) atoms. The highest BCUT2D eigenvalue weighted by atomic mass is 32.1. The van der Waals surface area contributed by atoms with Crippen LogP contribution in [-0.2, 0) is 11.3 Å². The first-order valence-electron chi connectivity index (χ1n) is 6.80. The van der Waals surface area contributed by atoms with Gasteiger partial charge in [-0.1, -0.05) is 6.07 Å². The second kappa shape index (κ2) is 5.91. The molecule has 0 radical (unpaired) electrons. The van der Waals surface area contributed by atoms with E-state index in [-0.39, 0.29) is 17.8 Å². The summed E-state index contributed by atoms with van der Waals surface area (Å²) in [5.41, 5.74) is 3.45. The molecular formula is C15H16FN3OS. The van der Waals surface area contributed by atoms with Crippen LogP contribution in [0, 0.1) is 12.7 Å². The van der Waals surface area contributed by atoms with Gasteiger partial charge in [-0.25, -0.2) is 4.39 Å². The molecule has 3 rings (SSSR count). The summed E-state index contributed by atoms with van der Waals surface area (Å²) in [6, 6.07) is 4.22. The number of thiazole rings is 1. The fourth-order valence-corrected chi connectivity index (χ4v) is 3.31. The van der Waals surface area contributed by atoms with Crippen molar-refractivity contribution in [3.8, 4) is 0 Å². The third-order valence-electron chi connectivity index (χ3n) is 3.68. The number of hydrogen-bond acceptors (Lipinski definition) is 4. The average Bonchev–Trinajstić information content (AvgIpc) is 2.93. The Bertz CT molecular complexity index is 644. The maximum Gasteiger partial charge on any atom is 0.242 e. The highest BCUT2D eigenvalue weighted by Crippen LogP contribution is 2.28. The molecule has 1 saturated heterocycles. The number of carbonyl (C=O) groups is 1. The van der Waals surface area contributed by atoms with Gasteiger partial charge in [0.15, 0.2) is 0 Å². The Morgan fingerprint density at radius 2 is 2.38 bits per heavy atom. The van der Waals surface area contributed by atoms with Crippen molar-refractivity contribution in [2.24, 2.45) is 0 Å². The van der Waals surface area contributed by atoms with E-state index in [1.165, 1.54) is 12.1 Å². The summed E-state index contributed by atoms with van der Waals surface area (Å²) in [4.78, 5) is 19.6. The number of nitrogens with zero attached hydrogens (tertiary/aromatic N) is 2. The zero-order valence-corrected chi connectivity index (χ0v) is 12.5. The number of rotatable bonds is 3. The lowest BCUT2D eigenvalue weighted by atomic mass is 9.97. The summed E-state index contributed by atoms with van der Waals surface area (Å²) in [7, 11) is 0. The zero-order chi connectivity index (χ0) is 14.8. The molecule has 6 heteroatoms. The number of benzene rings is 1. The highest BCUT2D eigenvalue weighted by Gasteiger charge is 2.32.